The van der Waals surface area contributed by atoms with Crippen molar-refractivity contribution >= 4 is 28.9 Å². The molecule has 3 rings (SSSR count). The van der Waals surface area contributed by atoms with E-state index in [0.717, 1.165) is 5.69 Å². The number of para-hydroxylation sites is 1. The lowest BCUT2D eigenvalue weighted by Gasteiger charge is -2.21. The number of benzene rings is 3. The summed E-state index contributed by atoms with van der Waals surface area (Å²) in [6.45, 7) is 3.47. The molecule has 0 atom stereocenters. The molecule has 0 spiro atoms. The molecule has 0 heterocycles. The lowest BCUT2D eigenvalue weighted by Crippen LogP contribution is -2.30. The maximum Gasteiger partial charge on any atom is 0.258 e. The van der Waals surface area contributed by atoms with Gasteiger partial charge in [-0.3, -0.25) is 9.59 Å². The molecule has 0 saturated heterocycles. The SMILES string of the molecule is CCN(C(=O)c1cccc(NCC(=O)Nc2cccc(OCCOC)c2)c1)c1ccccc1. The molecule has 7 nitrogen and oxygen atoms in total. The van der Waals surface area contributed by atoms with Crippen molar-refractivity contribution in [2.24, 2.45) is 0 Å². The van der Waals surface area contributed by atoms with E-state index in [1.54, 1.807) is 42.3 Å². The third-order valence-electron chi connectivity index (χ3n) is 4.87. The van der Waals surface area contributed by atoms with Gasteiger partial charge in [0.1, 0.15) is 12.4 Å². The first-order valence-electron chi connectivity index (χ1n) is 10.8. The van der Waals surface area contributed by atoms with Gasteiger partial charge in [-0.1, -0.05) is 30.3 Å². The number of hydrogen-bond donors (Lipinski definition) is 2. The summed E-state index contributed by atoms with van der Waals surface area (Å²) in [5, 5.41) is 5.92. The van der Waals surface area contributed by atoms with Gasteiger partial charge in [0.25, 0.3) is 5.91 Å². The Labute approximate surface area is 194 Å². The summed E-state index contributed by atoms with van der Waals surface area (Å²) in [4.78, 5) is 27.2. The molecule has 7 heteroatoms. The topological polar surface area (TPSA) is 79.9 Å². The molecule has 0 aliphatic carbocycles. The van der Waals surface area contributed by atoms with E-state index < -0.39 is 0 Å². The smallest absolute Gasteiger partial charge is 0.258 e. The minimum atomic E-state index is -0.208. The number of carbonyl (C=O) groups excluding carboxylic acids is 2. The van der Waals surface area contributed by atoms with Crippen LogP contribution < -0.4 is 20.3 Å². The maximum atomic E-state index is 13.0. The highest BCUT2D eigenvalue weighted by atomic mass is 16.5. The monoisotopic (exact) mass is 447 g/mol. The van der Waals surface area contributed by atoms with Gasteiger partial charge in [0, 0.05) is 42.3 Å². The highest BCUT2D eigenvalue weighted by molar-refractivity contribution is 6.06. The zero-order valence-electron chi connectivity index (χ0n) is 18.9. The molecule has 2 amide bonds. The molecule has 0 fully saturated rings. The Morgan fingerprint density at radius 3 is 2.39 bits per heavy atom. The Kier molecular flexibility index (Phi) is 8.85. The van der Waals surface area contributed by atoms with Crippen LogP contribution >= 0.6 is 0 Å². The summed E-state index contributed by atoms with van der Waals surface area (Å²) in [5.74, 6) is 0.352. The van der Waals surface area contributed by atoms with Crippen molar-refractivity contribution in [2.45, 2.75) is 6.92 Å². The quantitative estimate of drug-likeness (QED) is 0.425. The lowest BCUT2D eigenvalue weighted by atomic mass is 10.1. The van der Waals surface area contributed by atoms with Crippen LogP contribution in [0.4, 0.5) is 17.1 Å². The lowest BCUT2D eigenvalue weighted by molar-refractivity contribution is -0.114. The summed E-state index contributed by atoms with van der Waals surface area (Å²) >= 11 is 0. The van der Waals surface area contributed by atoms with Crippen molar-refractivity contribution in [3.63, 3.8) is 0 Å². The van der Waals surface area contributed by atoms with Crippen molar-refractivity contribution in [1.29, 1.82) is 0 Å². The molecule has 0 unspecified atom stereocenters. The van der Waals surface area contributed by atoms with Crippen molar-refractivity contribution in [2.75, 3.05) is 48.9 Å². The van der Waals surface area contributed by atoms with E-state index in [0.29, 0.717) is 42.4 Å². The van der Waals surface area contributed by atoms with Crippen LogP contribution in [-0.2, 0) is 9.53 Å². The molecule has 3 aromatic rings. The molecular formula is C26H29N3O4. The summed E-state index contributed by atoms with van der Waals surface area (Å²) in [5.41, 5.74) is 2.72. The number of methoxy groups -OCH3 is 1. The van der Waals surface area contributed by atoms with Crippen LogP contribution in [0.25, 0.3) is 0 Å². The van der Waals surface area contributed by atoms with Gasteiger partial charge in [0.2, 0.25) is 5.91 Å². The number of ether oxygens (including phenoxy) is 2. The molecule has 0 bridgehead atoms. The summed E-state index contributed by atoms with van der Waals surface area (Å²) in [7, 11) is 1.61. The van der Waals surface area contributed by atoms with E-state index >= 15 is 0 Å². The number of hydrogen-bond acceptors (Lipinski definition) is 5. The van der Waals surface area contributed by atoms with E-state index in [2.05, 4.69) is 10.6 Å². The third kappa shape index (κ3) is 7.08. The number of nitrogens with one attached hydrogen (secondary N) is 2. The predicted molar refractivity (Wildman–Crippen MR) is 131 cm³/mol. The van der Waals surface area contributed by atoms with Crippen molar-refractivity contribution < 1.29 is 19.1 Å². The Balaban J connectivity index is 1.58. The summed E-state index contributed by atoms with van der Waals surface area (Å²) in [6, 6.07) is 23.9. The second kappa shape index (κ2) is 12.3. The molecule has 3 aromatic carbocycles. The predicted octanol–water partition coefficient (Wildman–Crippen LogP) is 4.43. The first-order chi connectivity index (χ1) is 16.1. The van der Waals surface area contributed by atoms with E-state index in [-0.39, 0.29) is 18.4 Å². The van der Waals surface area contributed by atoms with E-state index in [1.807, 2.05) is 55.5 Å². The molecule has 0 radical (unpaired) electrons. The van der Waals surface area contributed by atoms with Crippen LogP contribution in [0, 0.1) is 0 Å². The molecule has 0 saturated carbocycles. The number of anilines is 3. The number of nitrogens with zero attached hydrogens (tertiary/aromatic N) is 1. The van der Waals surface area contributed by atoms with Gasteiger partial charge in [-0.05, 0) is 49.4 Å². The fourth-order valence-electron chi connectivity index (χ4n) is 3.26. The van der Waals surface area contributed by atoms with Gasteiger partial charge < -0.3 is 25.0 Å². The van der Waals surface area contributed by atoms with E-state index in [9.17, 15) is 9.59 Å². The van der Waals surface area contributed by atoms with Crippen LogP contribution in [0.1, 0.15) is 17.3 Å². The van der Waals surface area contributed by atoms with Crippen molar-refractivity contribution in [3.8, 4) is 5.75 Å². The van der Waals surface area contributed by atoms with Gasteiger partial charge in [-0.15, -0.1) is 0 Å². The Morgan fingerprint density at radius 2 is 1.64 bits per heavy atom. The number of rotatable bonds is 11. The molecule has 2 N–H and O–H groups in total. The molecule has 33 heavy (non-hydrogen) atoms. The highest BCUT2D eigenvalue weighted by Gasteiger charge is 2.16. The number of carbonyl (C=O) groups is 2. The largest absolute Gasteiger partial charge is 0.491 e. The normalized spacial score (nSPS) is 10.4. The van der Waals surface area contributed by atoms with Crippen LogP contribution in [0.5, 0.6) is 5.75 Å². The highest BCUT2D eigenvalue weighted by Crippen LogP contribution is 2.19. The fourth-order valence-corrected chi connectivity index (χ4v) is 3.26. The molecule has 0 aliphatic heterocycles. The van der Waals surface area contributed by atoms with Crippen LogP contribution in [0.3, 0.4) is 0 Å². The average Bonchev–Trinajstić information content (AvgIpc) is 2.84. The molecule has 0 aliphatic rings. The number of amides is 2. The fraction of sp³-hybridized carbons (Fsp3) is 0.231. The first-order valence-corrected chi connectivity index (χ1v) is 10.8. The van der Waals surface area contributed by atoms with E-state index in [4.69, 9.17) is 9.47 Å². The second-order valence-electron chi connectivity index (χ2n) is 7.24. The zero-order chi connectivity index (χ0) is 23.5. The minimum Gasteiger partial charge on any atom is -0.491 e. The van der Waals surface area contributed by atoms with E-state index in [1.165, 1.54) is 0 Å². The van der Waals surface area contributed by atoms with Gasteiger partial charge in [-0.2, -0.15) is 0 Å². The molecule has 0 aromatic heterocycles. The zero-order valence-corrected chi connectivity index (χ0v) is 18.9. The van der Waals surface area contributed by atoms with Crippen molar-refractivity contribution in [3.05, 3.63) is 84.4 Å². The molecular weight excluding hydrogens is 418 g/mol. The van der Waals surface area contributed by atoms with Crippen molar-refractivity contribution in [1.82, 2.24) is 0 Å². The average molecular weight is 448 g/mol. The summed E-state index contributed by atoms with van der Waals surface area (Å²) < 4.78 is 10.5. The maximum absolute atomic E-state index is 13.0. The third-order valence-corrected chi connectivity index (χ3v) is 4.87. The van der Waals surface area contributed by atoms with Gasteiger partial charge in [0.15, 0.2) is 0 Å². The Bertz CT molecular complexity index is 1060. The second-order valence-corrected chi connectivity index (χ2v) is 7.24. The van der Waals surface area contributed by atoms with Gasteiger partial charge in [-0.25, -0.2) is 0 Å². The van der Waals surface area contributed by atoms with Crippen LogP contribution in [0.15, 0.2) is 78.9 Å². The van der Waals surface area contributed by atoms with Crippen LogP contribution in [-0.4, -0.2) is 45.2 Å². The van der Waals surface area contributed by atoms with Gasteiger partial charge in [0.05, 0.1) is 13.2 Å². The summed E-state index contributed by atoms with van der Waals surface area (Å²) in [6.07, 6.45) is 0. The Hall–Kier alpha value is -3.84. The van der Waals surface area contributed by atoms with Crippen LogP contribution in [0.2, 0.25) is 0 Å². The minimum absolute atomic E-state index is 0.0581. The Morgan fingerprint density at radius 1 is 0.879 bits per heavy atom. The van der Waals surface area contributed by atoms with Gasteiger partial charge >= 0.3 is 0 Å². The first kappa shape index (κ1) is 23.8. The molecule has 172 valence electrons. The standard InChI is InChI=1S/C26H29N3O4/c1-3-29(23-12-5-4-6-13-23)26(31)20-9-7-10-21(17-20)27-19-25(30)28-22-11-8-14-24(18-22)33-16-15-32-2/h4-14,17-18,27H,3,15-16,19H2,1-2H3,(H,28,30).